The predicted molar refractivity (Wildman–Crippen MR) is 88.9 cm³/mol. The van der Waals surface area contributed by atoms with Crippen LogP contribution in [0, 0.1) is 5.92 Å². The van der Waals surface area contributed by atoms with Gasteiger partial charge in [0.2, 0.25) is 5.91 Å². The number of likely N-dealkylation sites (tertiary alicyclic amines) is 1. The minimum Gasteiger partial charge on any atom is -0.381 e. The van der Waals surface area contributed by atoms with Gasteiger partial charge >= 0.3 is 6.18 Å². The molecule has 7 nitrogen and oxygen atoms in total. The molecule has 2 aliphatic rings. The lowest BCUT2D eigenvalue weighted by Gasteiger charge is -2.35. The number of ether oxygens (including phenoxy) is 1. The molecule has 27 heavy (non-hydrogen) atoms. The van der Waals surface area contributed by atoms with Gasteiger partial charge in [-0.1, -0.05) is 19.0 Å². The molecule has 10 heteroatoms. The van der Waals surface area contributed by atoms with E-state index in [4.69, 9.17) is 9.26 Å². The number of hydrogen-bond acceptors (Lipinski definition) is 6. The predicted octanol–water partition coefficient (Wildman–Crippen LogP) is 2.20. The summed E-state index contributed by atoms with van der Waals surface area (Å²) >= 11 is 0. The number of carbonyl (C=O) groups is 1. The number of hydrogen-bond donors (Lipinski definition) is 1. The number of nitrogens with one attached hydrogen (secondary N) is 1. The minimum atomic E-state index is -4.26. The molecule has 2 fully saturated rings. The van der Waals surface area contributed by atoms with Gasteiger partial charge in [-0.05, 0) is 13.0 Å². The smallest absolute Gasteiger partial charge is 0.381 e. The highest BCUT2D eigenvalue weighted by Gasteiger charge is 2.44. The van der Waals surface area contributed by atoms with Crippen LogP contribution in [0.5, 0.6) is 0 Å². The maximum absolute atomic E-state index is 12.8. The van der Waals surface area contributed by atoms with Crippen molar-refractivity contribution in [2.75, 3.05) is 32.8 Å². The number of carbonyl (C=O) groups excluding carboxylic acids is 1. The summed E-state index contributed by atoms with van der Waals surface area (Å²) in [5, 5.41) is 6.98. The SMILES string of the molecule is CC(C)c1noc(C2(NC(=O)C3CCN(CC(F)(F)F)C3)CCOCC2)n1. The summed E-state index contributed by atoms with van der Waals surface area (Å²) in [4.78, 5) is 18.5. The monoisotopic (exact) mass is 390 g/mol. The van der Waals surface area contributed by atoms with Crippen molar-refractivity contribution in [2.24, 2.45) is 5.92 Å². The molecule has 152 valence electrons. The second kappa shape index (κ2) is 7.75. The number of rotatable bonds is 5. The van der Waals surface area contributed by atoms with Crippen molar-refractivity contribution in [3.63, 3.8) is 0 Å². The van der Waals surface area contributed by atoms with Crippen molar-refractivity contribution in [1.29, 1.82) is 0 Å². The van der Waals surface area contributed by atoms with Crippen LogP contribution in [0.2, 0.25) is 0 Å². The van der Waals surface area contributed by atoms with Crippen molar-refractivity contribution < 1.29 is 27.2 Å². The molecule has 1 unspecified atom stereocenters. The van der Waals surface area contributed by atoms with E-state index >= 15 is 0 Å². The summed E-state index contributed by atoms with van der Waals surface area (Å²) in [6.45, 7) is 4.12. The van der Waals surface area contributed by atoms with Crippen molar-refractivity contribution in [1.82, 2.24) is 20.4 Å². The third-order valence-electron chi connectivity index (χ3n) is 5.12. The second-order valence-electron chi connectivity index (χ2n) is 7.63. The maximum atomic E-state index is 12.8. The van der Waals surface area contributed by atoms with Crippen molar-refractivity contribution in [3.05, 3.63) is 11.7 Å². The Morgan fingerprint density at radius 1 is 1.37 bits per heavy atom. The van der Waals surface area contributed by atoms with Crippen LogP contribution in [0.1, 0.15) is 50.7 Å². The van der Waals surface area contributed by atoms with Gasteiger partial charge in [0.1, 0.15) is 5.54 Å². The lowest BCUT2D eigenvalue weighted by atomic mass is 9.88. The maximum Gasteiger partial charge on any atom is 0.401 e. The first-order valence-electron chi connectivity index (χ1n) is 9.21. The van der Waals surface area contributed by atoms with Crippen molar-refractivity contribution in [3.8, 4) is 0 Å². The zero-order valence-corrected chi connectivity index (χ0v) is 15.5. The molecule has 1 aromatic rings. The Labute approximate surface area is 155 Å². The quantitative estimate of drug-likeness (QED) is 0.830. The lowest BCUT2D eigenvalue weighted by molar-refractivity contribution is -0.145. The zero-order valence-electron chi connectivity index (χ0n) is 15.5. The first kappa shape index (κ1) is 20.1. The van der Waals surface area contributed by atoms with Crippen LogP contribution in [0.3, 0.4) is 0 Å². The molecule has 0 radical (unpaired) electrons. The molecule has 1 aromatic heterocycles. The molecule has 0 aliphatic carbocycles. The van der Waals surface area contributed by atoms with Gasteiger partial charge < -0.3 is 14.6 Å². The van der Waals surface area contributed by atoms with Gasteiger partial charge in [0.05, 0.1) is 12.5 Å². The molecule has 1 N–H and O–H groups in total. The average molecular weight is 390 g/mol. The number of amides is 1. The van der Waals surface area contributed by atoms with E-state index in [1.54, 1.807) is 0 Å². The number of alkyl halides is 3. The topological polar surface area (TPSA) is 80.5 Å². The minimum absolute atomic E-state index is 0.0841. The van der Waals surface area contributed by atoms with E-state index in [0.717, 1.165) is 0 Å². The molecule has 0 saturated carbocycles. The first-order chi connectivity index (χ1) is 12.7. The summed E-state index contributed by atoms with van der Waals surface area (Å²) in [5.74, 6) is 0.224. The van der Waals surface area contributed by atoms with E-state index in [1.165, 1.54) is 4.90 Å². The van der Waals surface area contributed by atoms with Gasteiger partial charge in [0.15, 0.2) is 5.82 Å². The molecule has 2 aliphatic heterocycles. The van der Waals surface area contributed by atoms with E-state index in [0.29, 0.717) is 44.2 Å². The summed E-state index contributed by atoms with van der Waals surface area (Å²) < 4.78 is 48.6. The molecule has 0 bridgehead atoms. The summed E-state index contributed by atoms with van der Waals surface area (Å²) in [6.07, 6.45) is -2.89. The molecular weight excluding hydrogens is 365 g/mol. The van der Waals surface area contributed by atoms with Gasteiger partial charge in [-0.15, -0.1) is 0 Å². The van der Waals surface area contributed by atoms with Gasteiger partial charge in [0, 0.05) is 38.5 Å². The fourth-order valence-electron chi connectivity index (χ4n) is 3.56. The van der Waals surface area contributed by atoms with Crippen molar-refractivity contribution in [2.45, 2.75) is 50.7 Å². The Kier molecular flexibility index (Phi) is 5.76. The third kappa shape index (κ3) is 4.78. The lowest BCUT2D eigenvalue weighted by Crippen LogP contribution is -2.51. The largest absolute Gasteiger partial charge is 0.401 e. The van der Waals surface area contributed by atoms with E-state index in [-0.39, 0.29) is 24.9 Å². The van der Waals surface area contributed by atoms with E-state index in [9.17, 15) is 18.0 Å². The van der Waals surface area contributed by atoms with E-state index < -0.39 is 24.2 Å². The van der Waals surface area contributed by atoms with Crippen LogP contribution in [-0.4, -0.2) is 60.0 Å². The normalized spacial score (nSPS) is 23.7. The summed E-state index contributed by atoms with van der Waals surface area (Å²) in [5.41, 5.74) is -0.826. The third-order valence-corrected chi connectivity index (χ3v) is 5.12. The highest BCUT2D eigenvalue weighted by Crippen LogP contribution is 2.33. The zero-order chi connectivity index (χ0) is 19.7. The molecular formula is C17H25F3N4O3. The second-order valence-corrected chi connectivity index (χ2v) is 7.63. The molecule has 1 amide bonds. The highest BCUT2D eigenvalue weighted by atomic mass is 19.4. The number of aromatic nitrogens is 2. The number of nitrogens with zero attached hydrogens (tertiary/aromatic N) is 3. The number of halogens is 3. The van der Waals surface area contributed by atoms with Crippen LogP contribution < -0.4 is 5.32 Å². The average Bonchev–Trinajstić information content (AvgIpc) is 3.23. The van der Waals surface area contributed by atoms with E-state index in [2.05, 4.69) is 15.5 Å². The summed E-state index contributed by atoms with van der Waals surface area (Å²) in [7, 11) is 0. The first-order valence-corrected chi connectivity index (χ1v) is 9.21. The molecule has 3 rings (SSSR count). The summed E-state index contributed by atoms with van der Waals surface area (Å²) in [6, 6.07) is 0. The Hall–Kier alpha value is -1.68. The Morgan fingerprint density at radius 2 is 2.07 bits per heavy atom. The van der Waals surface area contributed by atoms with Gasteiger partial charge in [-0.2, -0.15) is 18.2 Å². The molecule has 0 aromatic carbocycles. The van der Waals surface area contributed by atoms with Crippen LogP contribution in [0.4, 0.5) is 13.2 Å². The fraction of sp³-hybridized carbons (Fsp3) is 0.824. The van der Waals surface area contributed by atoms with Gasteiger partial charge in [-0.3, -0.25) is 9.69 Å². The van der Waals surface area contributed by atoms with Gasteiger partial charge in [0.25, 0.3) is 5.89 Å². The Bertz CT molecular complexity index is 656. The van der Waals surface area contributed by atoms with E-state index in [1.807, 2.05) is 13.8 Å². The molecule has 3 heterocycles. The van der Waals surface area contributed by atoms with Crippen LogP contribution in [0.15, 0.2) is 4.52 Å². The standard InChI is InChI=1S/C17H25F3N4O3/c1-11(2)13-21-15(27-23-13)16(4-7-26-8-5-16)22-14(25)12-3-6-24(9-12)10-17(18,19)20/h11-12H,3-10H2,1-2H3,(H,22,25). The van der Waals surface area contributed by atoms with Crippen LogP contribution in [-0.2, 0) is 15.1 Å². The molecule has 1 atom stereocenters. The molecule has 0 spiro atoms. The molecule has 2 saturated heterocycles. The van der Waals surface area contributed by atoms with Gasteiger partial charge in [-0.25, -0.2) is 0 Å². The fourth-order valence-corrected chi connectivity index (χ4v) is 3.56. The Balaban J connectivity index is 1.70. The highest BCUT2D eigenvalue weighted by molar-refractivity contribution is 5.80. The Morgan fingerprint density at radius 3 is 2.67 bits per heavy atom. The van der Waals surface area contributed by atoms with Crippen LogP contribution >= 0.6 is 0 Å². The van der Waals surface area contributed by atoms with Crippen molar-refractivity contribution >= 4 is 5.91 Å². The van der Waals surface area contributed by atoms with Crippen LogP contribution in [0.25, 0.3) is 0 Å².